The van der Waals surface area contributed by atoms with Crippen LogP contribution in [0.4, 0.5) is 14.9 Å². The molecule has 1 aliphatic heterocycles. The number of benzene rings is 2. The summed E-state index contributed by atoms with van der Waals surface area (Å²) in [6.07, 6.45) is 3.58. The fourth-order valence-electron chi connectivity index (χ4n) is 5.09. The average molecular weight is 530 g/mol. The summed E-state index contributed by atoms with van der Waals surface area (Å²) < 4.78 is 19.5. The Morgan fingerprint density at radius 1 is 1.15 bits per heavy atom. The Kier molecular flexibility index (Phi) is 7.10. The number of anilines is 1. The number of carboxylic acid groups (broad SMARTS) is 1. The summed E-state index contributed by atoms with van der Waals surface area (Å²) in [4.78, 5) is 27.7. The molecule has 1 amide bonds. The molecule has 8 nitrogen and oxygen atoms in total. The summed E-state index contributed by atoms with van der Waals surface area (Å²) in [5.74, 6) is 0.195. The normalized spacial score (nSPS) is 14.3. The molecule has 4 aromatic rings. The maximum absolute atomic E-state index is 14.0. The molecule has 0 saturated heterocycles. The molecule has 3 heterocycles. The molecule has 0 fully saturated rings. The summed E-state index contributed by atoms with van der Waals surface area (Å²) in [6.45, 7) is 8.07. The van der Waals surface area contributed by atoms with Crippen LogP contribution in [0.25, 0.3) is 27.9 Å². The van der Waals surface area contributed by atoms with Gasteiger partial charge in [-0.15, -0.1) is 0 Å². The Labute approximate surface area is 226 Å². The monoisotopic (exact) mass is 529 g/mol. The number of H-pyrrole nitrogens is 1. The lowest BCUT2D eigenvalue weighted by Crippen LogP contribution is -2.45. The number of fused-ring (bicyclic) bond motifs is 1. The number of ether oxygens (including phenoxy) is 1. The highest BCUT2D eigenvalue weighted by Crippen LogP contribution is 2.35. The molecule has 2 aromatic heterocycles. The molecule has 9 heteroatoms. The van der Waals surface area contributed by atoms with E-state index in [0.717, 1.165) is 42.7 Å². The molecule has 2 aromatic carbocycles. The van der Waals surface area contributed by atoms with Gasteiger partial charge in [0, 0.05) is 47.5 Å². The summed E-state index contributed by atoms with van der Waals surface area (Å²) in [5, 5.41) is 10.5. The molecule has 5 rings (SSSR count). The van der Waals surface area contributed by atoms with Crippen molar-refractivity contribution in [2.24, 2.45) is 0 Å². The predicted octanol–water partition coefficient (Wildman–Crippen LogP) is 6.34. The Bertz CT molecular complexity index is 1540. The van der Waals surface area contributed by atoms with Gasteiger partial charge in [-0.05, 0) is 74.7 Å². The summed E-state index contributed by atoms with van der Waals surface area (Å²) in [7, 11) is 1.56. The number of hydrogen-bond donors (Lipinski definition) is 2. The van der Waals surface area contributed by atoms with Crippen molar-refractivity contribution >= 4 is 28.4 Å². The highest BCUT2D eigenvalue weighted by Gasteiger charge is 2.27. The maximum atomic E-state index is 14.0. The first-order valence-corrected chi connectivity index (χ1v) is 12.9. The Balaban J connectivity index is 1.32. The van der Waals surface area contributed by atoms with Gasteiger partial charge in [0.2, 0.25) is 0 Å². The fraction of sp³-hybridized carbons (Fsp3) is 0.300. The van der Waals surface area contributed by atoms with Gasteiger partial charge in [0.1, 0.15) is 23.5 Å². The van der Waals surface area contributed by atoms with Crippen LogP contribution in [0.5, 0.6) is 5.75 Å². The van der Waals surface area contributed by atoms with Gasteiger partial charge in [-0.25, -0.2) is 19.2 Å². The number of aromatic amines is 1. The van der Waals surface area contributed by atoms with Crippen molar-refractivity contribution in [3.8, 4) is 17.0 Å². The molecule has 0 aliphatic carbocycles. The highest BCUT2D eigenvalue weighted by molar-refractivity contribution is 5.94. The van der Waals surface area contributed by atoms with Crippen LogP contribution in [0.15, 0.2) is 60.9 Å². The number of nitrogens with zero attached hydrogens (tertiary/aromatic N) is 4. The lowest BCUT2D eigenvalue weighted by Gasteiger charge is -2.33. The van der Waals surface area contributed by atoms with Gasteiger partial charge in [-0.1, -0.05) is 18.2 Å². The third-order valence-electron chi connectivity index (χ3n) is 6.94. The number of rotatable bonds is 6. The largest absolute Gasteiger partial charge is 0.496 e. The van der Waals surface area contributed by atoms with E-state index in [1.807, 2.05) is 51.1 Å². The third-order valence-corrected chi connectivity index (χ3v) is 6.94. The second-order valence-corrected chi connectivity index (χ2v) is 10.7. The minimum atomic E-state index is -0.964. The standard InChI is InChI=1S/C30H32FN5O3/c1-30(2,3)36(29(37)38)22-8-5-19(6-9-22)17-35-13-11-20(12-14-35)25-16-24-27(32-18-33-28(24)34-25)23-15-21(31)7-10-26(23)39-4/h5-11,15-16,18H,12-14,17H2,1-4H3,(H,37,38)(H,32,33,34). The second-order valence-electron chi connectivity index (χ2n) is 10.7. The van der Waals surface area contributed by atoms with Gasteiger partial charge in [0.05, 0.1) is 12.8 Å². The van der Waals surface area contributed by atoms with Gasteiger partial charge >= 0.3 is 6.09 Å². The SMILES string of the molecule is COc1ccc(F)cc1-c1ncnc2[nH]c(C3=CCN(Cc4ccc(N(C(=O)O)C(C)(C)C)cc4)CC3)cc12. The number of hydrogen-bond acceptors (Lipinski definition) is 5. The molecular formula is C30H32FN5O3. The van der Waals surface area contributed by atoms with E-state index < -0.39 is 11.6 Å². The molecule has 0 bridgehead atoms. The minimum Gasteiger partial charge on any atom is -0.496 e. The molecule has 39 heavy (non-hydrogen) atoms. The maximum Gasteiger partial charge on any atom is 0.412 e. The van der Waals surface area contributed by atoms with E-state index in [1.165, 1.54) is 28.9 Å². The van der Waals surface area contributed by atoms with Crippen molar-refractivity contribution in [3.05, 3.63) is 78.0 Å². The molecule has 202 valence electrons. The highest BCUT2D eigenvalue weighted by atomic mass is 19.1. The van der Waals surface area contributed by atoms with Crippen LogP contribution in [0.3, 0.4) is 0 Å². The Morgan fingerprint density at radius 3 is 2.56 bits per heavy atom. The van der Waals surface area contributed by atoms with Crippen molar-refractivity contribution in [3.63, 3.8) is 0 Å². The van der Waals surface area contributed by atoms with E-state index in [-0.39, 0.29) is 5.82 Å². The van der Waals surface area contributed by atoms with E-state index in [2.05, 4.69) is 25.9 Å². The van der Waals surface area contributed by atoms with Crippen LogP contribution in [-0.2, 0) is 6.54 Å². The number of amides is 1. The van der Waals surface area contributed by atoms with Crippen molar-refractivity contribution in [1.82, 2.24) is 19.9 Å². The summed E-state index contributed by atoms with van der Waals surface area (Å²) >= 11 is 0. The van der Waals surface area contributed by atoms with Gasteiger partial charge in [0.25, 0.3) is 0 Å². The molecule has 0 unspecified atom stereocenters. The second kappa shape index (κ2) is 10.5. The first kappa shape index (κ1) is 26.4. The van der Waals surface area contributed by atoms with E-state index >= 15 is 0 Å². The van der Waals surface area contributed by atoms with Crippen LogP contribution < -0.4 is 9.64 Å². The molecule has 0 saturated carbocycles. The fourth-order valence-corrected chi connectivity index (χ4v) is 5.09. The molecular weight excluding hydrogens is 497 g/mol. The average Bonchev–Trinajstić information content (AvgIpc) is 3.34. The zero-order valence-electron chi connectivity index (χ0n) is 22.5. The zero-order valence-corrected chi connectivity index (χ0v) is 22.5. The smallest absolute Gasteiger partial charge is 0.412 e. The minimum absolute atomic E-state index is 0.355. The molecule has 0 radical (unpaired) electrons. The Morgan fingerprint density at radius 2 is 1.92 bits per heavy atom. The van der Waals surface area contributed by atoms with Gasteiger partial charge in [-0.2, -0.15) is 0 Å². The van der Waals surface area contributed by atoms with Crippen molar-refractivity contribution in [1.29, 1.82) is 0 Å². The van der Waals surface area contributed by atoms with E-state index in [0.29, 0.717) is 28.3 Å². The number of aromatic nitrogens is 3. The zero-order chi connectivity index (χ0) is 27.7. The summed E-state index contributed by atoms with van der Waals surface area (Å²) in [5.41, 5.74) is 5.32. The first-order chi connectivity index (χ1) is 18.6. The number of nitrogens with one attached hydrogen (secondary N) is 1. The van der Waals surface area contributed by atoms with Crippen molar-refractivity contribution in [2.75, 3.05) is 25.1 Å². The Hall–Kier alpha value is -4.24. The number of carbonyl (C=O) groups is 1. The van der Waals surface area contributed by atoms with Gasteiger partial charge in [0.15, 0.2) is 0 Å². The number of halogens is 1. The van der Waals surface area contributed by atoms with E-state index in [9.17, 15) is 14.3 Å². The van der Waals surface area contributed by atoms with E-state index in [1.54, 1.807) is 13.2 Å². The lowest BCUT2D eigenvalue weighted by atomic mass is 10.0. The van der Waals surface area contributed by atoms with Crippen molar-refractivity contribution < 1.29 is 19.0 Å². The van der Waals surface area contributed by atoms with Crippen LogP contribution in [0.2, 0.25) is 0 Å². The van der Waals surface area contributed by atoms with Gasteiger partial charge < -0.3 is 14.8 Å². The van der Waals surface area contributed by atoms with Crippen molar-refractivity contribution in [2.45, 2.75) is 39.3 Å². The van der Waals surface area contributed by atoms with Crippen LogP contribution in [0.1, 0.15) is 38.4 Å². The lowest BCUT2D eigenvalue weighted by molar-refractivity contribution is 0.195. The molecule has 2 N–H and O–H groups in total. The molecule has 0 spiro atoms. The topological polar surface area (TPSA) is 94.6 Å². The van der Waals surface area contributed by atoms with E-state index in [4.69, 9.17) is 4.74 Å². The third kappa shape index (κ3) is 5.49. The first-order valence-electron chi connectivity index (χ1n) is 12.9. The van der Waals surface area contributed by atoms with Crippen LogP contribution >= 0.6 is 0 Å². The predicted molar refractivity (Wildman–Crippen MR) is 150 cm³/mol. The van der Waals surface area contributed by atoms with Gasteiger partial charge in [-0.3, -0.25) is 9.80 Å². The van der Waals surface area contributed by atoms with Crippen LogP contribution in [0, 0.1) is 5.82 Å². The quantitative estimate of drug-likeness (QED) is 0.303. The molecule has 1 aliphatic rings. The number of methoxy groups -OCH3 is 1. The summed E-state index contributed by atoms with van der Waals surface area (Å²) in [6, 6.07) is 14.2. The molecule has 0 atom stereocenters. The van der Waals surface area contributed by atoms with Crippen LogP contribution in [-0.4, -0.2) is 56.8 Å².